The quantitative estimate of drug-likeness (QED) is 0.862. The van der Waals surface area contributed by atoms with E-state index in [1.165, 1.54) is 6.33 Å². The molecule has 0 saturated carbocycles. The molecule has 0 saturated heterocycles. The third kappa shape index (κ3) is 3.00. The van der Waals surface area contributed by atoms with E-state index in [1.807, 2.05) is 39.0 Å². The first-order valence-electron chi connectivity index (χ1n) is 6.39. The van der Waals surface area contributed by atoms with Crippen LogP contribution in [-0.4, -0.2) is 32.2 Å². The summed E-state index contributed by atoms with van der Waals surface area (Å²) >= 11 is 0. The number of aromatic nitrogens is 4. The molecular weight excluding hydrogens is 256 g/mol. The van der Waals surface area contributed by atoms with E-state index in [4.69, 9.17) is 5.73 Å². The molecule has 2 atom stereocenters. The van der Waals surface area contributed by atoms with Crippen LogP contribution < -0.4 is 11.1 Å². The van der Waals surface area contributed by atoms with Crippen LogP contribution in [0.5, 0.6) is 0 Å². The molecule has 0 aliphatic heterocycles. The molecule has 0 radical (unpaired) electrons. The van der Waals surface area contributed by atoms with Gasteiger partial charge in [-0.2, -0.15) is 0 Å². The smallest absolute Gasteiger partial charge is 0.228 e. The first-order valence-corrected chi connectivity index (χ1v) is 6.39. The molecule has 0 aliphatic rings. The van der Waals surface area contributed by atoms with E-state index >= 15 is 0 Å². The summed E-state index contributed by atoms with van der Waals surface area (Å²) in [7, 11) is 0. The second-order valence-electron chi connectivity index (χ2n) is 4.89. The maximum Gasteiger partial charge on any atom is 0.228 e. The van der Waals surface area contributed by atoms with Gasteiger partial charge in [-0.15, -0.1) is 5.10 Å². The van der Waals surface area contributed by atoms with Crippen molar-refractivity contribution in [2.75, 3.05) is 5.32 Å². The van der Waals surface area contributed by atoms with E-state index in [2.05, 4.69) is 20.8 Å². The van der Waals surface area contributed by atoms with Crippen LogP contribution >= 0.6 is 0 Å². The number of carbonyl (C=O) groups is 1. The number of rotatable bonds is 4. The number of nitrogens with two attached hydrogens (primary N) is 1. The van der Waals surface area contributed by atoms with Gasteiger partial charge < -0.3 is 11.1 Å². The minimum Gasteiger partial charge on any atom is -0.327 e. The first-order chi connectivity index (χ1) is 9.49. The maximum absolute atomic E-state index is 12.0. The van der Waals surface area contributed by atoms with Crippen molar-refractivity contribution in [2.24, 2.45) is 11.7 Å². The molecule has 3 N–H and O–H groups in total. The third-order valence-corrected chi connectivity index (χ3v) is 3.26. The Bertz CT molecular complexity index is 593. The number of hydrogen-bond acceptors (Lipinski definition) is 5. The van der Waals surface area contributed by atoms with E-state index < -0.39 is 0 Å². The summed E-state index contributed by atoms with van der Waals surface area (Å²) in [6, 6.07) is 5.37. The van der Waals surface area contributed by atoms with E-state index in [1.54, 1.807) is 4.68 Å². The van der Waals surface area contributed by atoms with Gasteiger partial charge >= 0.3 is 0 Å². The Morgan fingerprint density at radius 1 is 1.40 bits per heavy atom. The van der Waals surface area contributed by atoms with Gasteiger partial charge in [0.2, 0.25) is 5.91 Å². The van der Waals surface area contributed by atoms with Gasteiger partial charge in [-0.3, -0.25) is 4.79 Å². The number of nitrogens with one attached hydrogen (secondary N) is 1. The summed E-state index contributed by atoms with van der Waals surface area (Å²) in [5.41, 5.74) is 8.29. The Morgan fingerprint density at radius 2 is 2.15 bits per heavy atom. The molecule has 2 aromatic rings. The van der Waals surface area contributed by atoms with Crippen molar-refractivity contribution in [3.63, 3.8) is 0 Å². The van der Waals surface area contributed by atoms with Gasteiger partial charge in [0.25, 0.3) is 0 Å². The third-order valence-electron chi connectivity index (χ3n) is 3.26. The SMILES string of the molecule is Cc1cc(NC(=O)C(C)C(C)N)ccc1-n1cnnn1. The fraction of sp³-hybridized carbons (Fsp3) is 0.385. The van der Waals surface area contributed by atoms with E-state index in [0.29, 0.717) is 0 Å². The van der Waals surface area contributed by atoms with Crippen molar-refractivity contribution < 1.29 is 4.79 Å². The molecule has 106 valence electrons. The standard InChI is InChI=1S/C13H18N6O/c1-8-6-11(16-13(20)9(2)10(3)14)4-5-12(8)19-7-15-17-18-19/h4-7,9-10H,14H2,1-3H3,(H,16,20). The van der Waals surface area contributed by atoms with Crippen molar-refractivity contribution in [1.29, 1.82) is 0 Å². The van der Waals surface area contributed by atoms with Gasteiger partial charge in [0.15, 0.2) is 0 Å². The maximum atomic E-state index is 12.0. The fourth-order valence-electron chi connectivity index (χ4n) is 1.76. The predicted octanol–water partition coefficient (Wildman–Crippen LogP) is 0.893. The largest absolute Gasteiger partial charge is 0.327 e. The predicted molar refractivity (Wildman–Crippen MR) is 75.3 cm³/mol. The summed E-state index contributed by atoms with van der Waals surface area (Å²) in [5, 5.41) is 13.9. The van der Waals surface area contributed by atoms with Gasteiger partial charge in [-0.05, 0) is 48.0 Å². The van der Waals surface area contributed by atoms with Crippen LogP contribution in [0.1, 0.15) is 19.4 Å². The molecule has 2 rings (SSSR count). The fourth-order valence-corrected chi connectivity index (χ4v) is 1.76. The average molecular weight is 274 g/mol. The Hall–Kier alpha value is -2.28. The van der Waals surface area contributed by atoms with E-state index in [9.17, 15) is 4.79 Å². The molecule has 1 heterocycles. The molecule has 0 spiro atoms. The Balaban J connectivity index is 2.16. The first kappa shape index (κ1) is 14.1. The van der Waals surface area contributed by atoms with Crippen molar-refractivity contribution >= 4 is 11.6 Å². The van der Waals surface area contributed by atoms with Gasteiger partial charge in [0.05, 0.1) is 11.6 Å². The molecule has 0 fully saturated rings. The zero-order valence-electron chi connectivity index (χ0n) is 11.7. The lowest BCUT2D eigenvalue weighted by Gasteiger charge is -2.16. The number of amides is 1. The lowest BCUT2D eigenvalue weighted by atomic mass is 10.0. The molecule has 20 heavy (non-hydrogen) atoms. The number of hydrogen-bond donors (Lipinski definition) is 2. The molecule has 7 heteroatoms. The zero-order valence-corrected chi connectivity index (χ0v) is 11.7. The van der Waals surface area contributed by atoms with Gasteiger partial charge in [0.1, 0.15) is 6.33 Å². The highest BCUT2D eigenvalue weighted by atomic mass is 16.1. The van der Waals surface area contributed by atoms with Crippen LogP contribution in [0.4, 0.5) is 5.69 Å². The lowest BCUT2D eigenvalue weighted by Crippen LogP contribution is -2.34. The Kier molecular flexibility index (Phi) is 4.09. The van der Waals surface area contributed by atoms with Crippen LogP contribution in [-0.2, 0) is 4.79 Å². The highest BCUT2D eigenvalue weighted by molar-refractivity contribution is 5.92. The zero-order chi connectivity index (χ0) is 14.7. The molecule has 0 aliphatic carbocycles. The number of benzene rings is 1. The second-order valence-corrected chi connectivity index (χ2v) is 4.89. The second kappa shape index (κ2) is 5.79. The highest BCUT2D eigenvalue weighted by Crippen LogP contribution is 2.18. The van der Waals surface area contributed by atoms with Crippen LogP contribution in [0.3, 0.4) is 0 Å². The summed E-state index contributed by atoms with van der Waals surface area (Å²) in [5.74, 6) is -0.330. The van der Waals surface area contributed by atoms with E-state index in [0.717, 1.165) is 16.9 Å². The van der Waals surface area contributed by atoms with Gasteiger partial charge in [-0.25, -0.2) is 4.68 Å². The van der Waals surface area contributed by atoms with Crippen molar-refractivity contribution in [3.05, 3.63) is 30.1 Å². The number of nitrogens with zero attached hydrogens (tertiary/aromatic N) is 4. The van der Waals surface area contributed by atoms with Crippen molar-refractivity contribution in [3.8, 4) is 5.69 Å². The Labute approximate surface area is 117 Å². The number of anilines is 1. The average Bonchev–Trinajstić information content (AvgIpc) is 2.91. The number of aryl methyl sites for hydroxylation is 1. The molecule has 7 nitrogen and oxygen atoms in total. The normalized spacial score (nSPS) is 13.8. The number of carbonyl (C=O) groups excluding carboxylic acids is 1. The Morgan fingerprint density at radius 3 is 2.70 bits per heavy atom. The van der Waals surface area contributed by atoms with Crippen molar-refractivity contribution in [1.82, 2.24) is 20.2 Å². The summed E-state index contributed by atoms with van der Waals surface area (Å²) in [6.45, 7) is 5.56. The van der Waals surface area contributed by atoms with Gasteiger partial charge in [-0.1, -0.05) is 6.92 Å². The van der Waals surface area contributed by atoms with Crippen LogP contribution in [0, 0.1) is 12.8 Å². The summed E-state index contributed by atoms with van der Waals surface area (Å²) in [6.07, 6.45) is 1.53. The topological polar surface area (TPSA) is 98.7 Å². The number of tetrazole rings is 1. The van der Waals surface area contributed by atoms with E-state index in [-0.39, 0.29) is 17.9 Å². The molecule has 1 aromatic carbocycles. The summed E-state index contributed by atoms with van der Waals surface area (Å²) < 4.78 is 1.57. The van der Waals surface area contributed by atoms with Gasteiger partial charge in [0, 0.05) is 11.7 Å². The van der Waals surface area contributed by atoms with Crippen molar-refractivity contribution in [2.45, 2.75) is 26.8 Å². The molecule has 1 aromatic heterocycles. The van der Waals surface area contributed by atoms with Crippen LogP contribution in [0.25, 0.3) is 5.69 Å². The summed E-state index contributed by atoms with van der Waals surface area (Å²) in [4.78, 5) is 12.0. The molecule has 0 bridgehead atoms. The lowest BCUT2D eigenvalue weighted by molar-refractivity contribution is -0.119. The molecular formula is C13H18N6O. The minimum atomic E-state index is -0.241. The monoisotopic (exact) mass is 274 g/mol. The highest BCUT2D eigenvalue weighted by Gasteiger charge is 2.17. The van der Waals surface area contributed by atoms with Crippen LogP contribution in [0.2, 0.25) is 0 Å². The minimum absolute atomic E-state index is 0.0884. The molecule has 1 amide bonds. The molecule has 2 unspecified atom stereocenters. The van der Waals surface area contributed by atoms with Crippen LogP contribution in [0.15, 0.2) is 24.5 Å².